The molecule has 0 saturated heterocycles. The van der Waals surface area contributed by atoms with Crippen molar-refractivity contribution in [3.8, 4) is 0 Å². The molecule has 1 aliphatic carbocycles. The summed E-state index contributed by atoms with van der Waals surface area (Å²) in [5.74, 6) is 1.47. The highest BCUT2D eigenvalue weighted by Gasteiger charge is 2.27. The predicted octanol–water partition coefficient (Wildman–Crippen LogP) is 4.41. The van der Waals surface area contributed by atoms with Crippen LogP contribution in [0, 0.1) is 25.7 Å². The van der Waals surface area contributed by atoms with Gasteiger partial charge in [0.2, 0.25) is 0 Å². The van der Waals surface area contributed by atoms with Crippen LogP contribution in [0.4, 0.5) is 5.69 Å². The van der Waals surface area contributed by atoms with Crippen LogP contribution in [0.1, 0.15) is 44.2 Å². The summed E-state index contributed by atoms with van der Waals surface area (Å²) in [7, 11) is 0. The average Bonchev–Trinajstić information content (AvgIpc) is 2.33. The van der Waals surface area contributed by atoms with E-state index in [-0.39, 0.29) is 0 Å². The Bertz CT molecular complexity index is 464. The summed E-state index contributed by atoms with van der Waals surface area (Å²) in [6, 6.07) is 6.94. The van der Waals surface area contributed by atoms with Crippen LogP contribution in [0.2, 0.25) is 0 Å². The summed E-state index contributed by atoms with van der Waals surface area (Å²) in [6.07, 6.45) is 3.87. The average molecular weight is 290 g/mol. The Hall–Kier alpha value is -1.09. The van der Waals surface area contributed by atoms with Gasteiger partial charge in [0.15, 0.2) is 5.11 Å². The van der Waals surface area contributed by atoms with Crippen LogP contribution >= 0.6 is 12.2 Å². The number of thiocarbonyl (C=S) groups is 1. The number of benzene rings is 1. The second-order valence-electron chi connectivity index (χ2n) is 6.35. The maximum absolute atomic E-state index is 5.47. The molecule has 3 heteroatoms. The molecular weight excluding hydrogens is 264 g/mol. The maximum Gasteiger partial charge on any atom is 0.171 e. The largest absolute Gasteiger partial charge is 0.359 e. The first-order chi connectivity index (χ1) is 9.45. The standard InChI is InChI=1S/C17H26N2S/c1-11-8-12(2)10-15(9-11)18-17(20)19-16-7-5-6-13(3)14(16)4/h8-10,13-14,16H,5-7H2,1-4H3,(H2,18,19,20)/t13-,14-,16-/m1/s1. The van der Waals surface area contributed by atoms with Crippen molar-refractivity contribution >= 4 is 23.0 Å². The van der Waals surface area contributed by atoms with E-state index in [9.17, 15) is 0 Å². The van der Waals surface area contributed by atoms with E-state index in [1.807, 2.05) is 0 Å². The minimum Gasteiger partial charge on any atom is -0.359 e. The van der Waals surface area contributed by atoms with E-state index < -0.39 is 0 Å². The van der Waals surface area contributed by atoms with Crippen molar-refractivity contribution in [2.75, 3.05) is 5.32 Å². The Kier molecular flexibility index (Phi) is 5.03. The van der Waals surface area contributed by atoms with Crippen molar-refractivity contribution in [1.82, 2.24) is 5.32 Å². The second-order valence-corrected chi connectivity index (χ2v) is 6.76. The van der Waals surface area contributed by atoms with Gasteiger partial charge in [0.1, 0.15) is 0 Å². The smallest absolute Gasteiger partial charge is 0.171 e. The Morgan fingerprint density at radius 3 is 2.40 bits per heavy atom. The molecule has 0 aliphatic heterocycles. The minimum absolute atomic E-state index is 0.504. The monoisotopic (exact) mass is 290 g/mol. The highest BCUT2D eigenvalue weighted by atomic mass is 32.1. The van der Waals surface area contributed by atoms with E-state index in [4.69, 9.17) is 12.2 Å². The van der Waals surface area contributed by atoms with Crippen molar-refractivity contribution in [1.29, 1.82) is 0 Å². The molecule has 0 heterocycles. The molecule has 1 saturated carbocycles. The fourth-order valence-electron chi connectivity index (χ4n) is 3.17. The van der Waals surface area contributed by atoms with Gasteiger partial charge in [-0.15, -0.1) is 0 Å². The molecule has 0 spiro atoms. The summed E-state index contributed by atoms with van der Waals surface area (Å²) >= 11 is 5.47. The molecule has 110 valence electrons. The maximum atomic E-state index is 5.47. The van der Waals surface area contributed by atoms with Gasteiger partial charge in [-0.05, 0) is 67.6 Å². The molecule has 20 heavy (non-hydrogen) atoms. The first-order valence-corrected chi connectivity index (χ1v) is 8.02. The third-order valence-electron chi connectivity index (χ3n) is 4.50. The predicted molar refractivity (Wildman–Crippen MR) is 91.2 cm³/mol. The Morgan fingerprint density at radius 2 is 1.75 bits per heavy atom. The van der Waals surface area contributed by atoms with Crippen LogP contribution in [0.3, 0.4) is 0 Å². The van der Waals surface area contributed by atoms with Crippen LogP contribution in [0.15, 0.2) is 18.2 Å². The van der Waals surface area contributed by atoms with E-state index in [2.05, 4.69) is 56.5 Å². The summed E-state index contributed by atoms with van der Waals surface area (Å²) in [4.78, 5) is 0. The van der Waals surface area contributed by atoms with Gasteiger partial charge in [-0.2, -0.15) is 0 Å². The topological polar surface area (TPSA) is 24.1 Å². The molecule has 2 nitrogen and oxygen atoms in total. The lowest BCUT2D eigenvalue weighted by molar-refractivity contribution is 0.225. The molecule has 1 aromatic carbocycles. The van der Waals surface area contributed by atoms with Gasteiger partial charge in [-0.3, -0.25) is 0 Å². The molecule has 2 rings (SSSR count). The lowest BCUT2D eigenvalue weighted by Gasteiger charge is -2.35. The van der Waals surface area contributed by atoms with Gasteiger partial charge in [0.25, 0.3) is 0 Å². The molecule has 0 bridgehead atoms. The molecular formula is C17H26N2S. The molecule has 1 aliphatic rings. The number of hydrogen-bond donors (Lipinski definition) is 2. The molecule has 0 aromatic heterocycles. The Labute approximate surface area is 128 Å². The van der Waals surface area contributed by atoms with Gasteiger partial charge >= 0.3 is 0 Å². The molecule has 0 unspecified atom stereocenters. The lowest BCUT2D eigenvalue weighted by Crippen LogP contribution is -2.45. The van der Waals surface area contributed by atoms with Crippen LogP contribution in [-0.4, -0.2) is 11.2 Å². The number of nitrogens with one attached hydrogen (secondary N) is 2. The quantitative estimate of drug-likeness (QED) is 0.789. The molecule has 1 fully saturated rings. The molecule has 2 N–H and O–H groups in total. The van der Waals surface area contributed by atoms with Crippen molar-refractivity contribution in [2.45, 2.75) is 53.0 Å². The summed E-state index contributed by atoms with van der Waals surface area (Å²) in [6.45, 7) is 8.90. The zero-order valence-corrected chi connectivity index (χ0v) is 13.8. The first-order valence-electron chi connectivity index (χ1n) is 7.61. The van der Waals surface area contributed by atoms with Crippen LogP contribution in [0.5, 0.6) is 0 Å². The van der Waals surface area contributed by atoms with Crippen LogP contribution in [0.25, 0.3) is 0 Å². The zero-order chi connectivity index (χ0) is 14.7. The fourth-order valence-corrected chi connectivity index (χ4v) is 3.44. The third kappa shape index (κ3) is 3.95. The van der Waals surface area contributed by atoms with Gasteiger partial charge in [-0.1, -0.05) is 32.8 Å². The highest BCUT2D eigenvalue weighted by Crippen LogP contribution is 2.29. The van der Waals surface area contributed by atoms with Crippen molar-refractivity contribution < 1.29 is 0 Å². The first kappa shape index (κ1) is 15.3. The number of anilines is 1. The van der Waals surface area contributed by atoms with E-state index in [0.717, 1.165) is 16.7 Å². The fraction of sp³-hybridized carbons (Fsp3) is 0.588. The zero-order valence-electron chi connectivity index (χ0n) is 13.0. The summed E-state index contributed by atoms with van der Waals surface area (Å²) in [5.41, 5.74) is 3.60. The van der Waals surface area contributed by atoms with Crippen molar-refractivity contribution in [3.63, 3.8) is 0 Å². The van der Waals surface area contributed by atoms with Gasteiger partial charge in [-0.25, -0.2) is 0 Å². The molecule has 1 aromatic rings. The Balaban J connectivity index is 1.95. The number of aryl methyl sites for hydroxylation is 2. The molecule has 0 radical (unpaired) electrons. The Morgan fingerprint density at radius 1 is 1.10 bits per heavy atom. The SMILES string of the molecule is Cc1cc(C)cc(NC(=S)N[C@@H]2CCC[C@@H](C)[C@H]2C)c1. The highest BCUT2D eigenvalue weighted by molar-refractivity contribution is 7.80. The van der Waals surface area contributed by atoms with E-state index >= 15 is 0 Å². The summed E-state index contributed by atoms with van der Waals surface area (Å²) in [5, 5.41) is 7.58. The molecule has 0 amide bonds. The van der Waals surface area contributed by atoms with Crippen molar-refractivity contribution in [3.05, 3.63) is 29.3 Å². The third-order valence-corrected chi connectivity index (χ3v) is 4.72. The summed E-state index contributed by atoms with van der Waals surface area (Å²) < 4.78 is 0. The van der Waals surface area contributed by atoms with Crippen molar-refractivity contribution in [2.24, 2.45) is 11.8 Å². The number of hydrogen-bond acceptors (Lipinski definition) is 1. The lowest BCUT2D eigenvalue weighted by atomic mass is 9.78. The van der Waals surface area contributed by atoms with E-state index in [1.165, 1.54) is 30.4 Å². The van der Waals surface area contributed by atoms with Crippen LogP contribution in [-0.2, 0) is 0 Å². The molecule has 3 atom stereocenters. The van der Waals surface area contributed by atoms with Gasteiger partial charge < -0.3 is 10.6 Å². The van der Waals surface area contributed by atoms with E-state index in [0.29, 0.717) is 12.0 Å². The van der Waals surface area contributed by atoms with Gasteiger partial charge in [0, 0.05) is 11.7 Å². The minimum atomic E-state index is 0.504. The second kappa shape index (κ2) is 6.57. The normalized spacial score (nSPS) is 26.1. The van der Waals surface area contributed by atoms with Gasteiger partial charge in [0.05, 0.1) is 0 Å². The van der Waals surface area contributed by atoms with E-state index in [1.54, 1.807) is 0 Å². The van der Waals surface area contributed by atoms with Crippen LogP contribution < -0.4 is 10.6 Å². The number of rotatable bonds is 2.